The quantitative estimate of drug-likeness (QED) is 0.921. The molecule has 2 N–H and O–H groups in total. The van der Waals surface area contributed by atoms with Gasteiger partial charge in [0.15, 0.2) is 21.6 Å². The van der Waals surface area contributed by atoms with Gasteiger partial charge in [-0.3, -0.25) is 4.79 Å². The molecule has 0 spiro atoms. The highest BCUT2D eigenvalue weighted by atomic mass is 32.2. The first-order chi connectivity index (χ1) is 10.1. The number of hydrogen-bond acceptors (Lipinski definition) is 8. The molecule has 21 heavy (non-hydrogen) atoms. The van der Waals surface area contributed by atoms with Crippen LogP contribution >= 0.6 is 23.1 Å². The zero-order chi connectivity index (χ0) is 15.0. The first kappa shape index (κ1) is 14.2. The molecule has 0 amide bonds. The van der Waals surface area contributed by atoms with Crippen molar-refractivity contribution >= 4 is 34.0 Å². The summed E-state index contributed by atoms with van der Waals surface area (Å²) < 4.78 is 11.2. The first-order valence-corrected chi connectivity index (χ1v) is 7.86. The lowest BCUT2D eigenvalue weighted by Gasteiger charge is -2.09. The van der Waals surface area contributed by atoms with E-state index in [1.54, 1.807) is 20.3 Å². The largest absolute Gasteiger partial charge is 0.493 e. The fourth-order valence-electron chi connectivity index (χ4n) is 2.27. The fourth-order valence-corrected chi connectivity index (χ4v) is 4.24. The van der Waals surface area contributed by atoms with Crippen molar-refractivity contribution < 1.29 is 14.3 Å². The molecular weight excluding hydrogens is 310 g/mol. The third-order valence-electron chi connectivity index (χ3n) is 3.24. The molecule has 1 heterocycles. The number of methoxy groups -OCH3 is 2. The Kier molecular flexibility index (Phi) is 3.73. The van der Waals surface area contributed by atoms with Crippen LogP contribution in [-0.2, 0) is 6.42 Å². The summed E-state index contributed by atoms with van der Waals surface area (Å²) in [6.45, 7) is 0. The molecule has 110 valence electrons. The number of carbonyl (C=O) groups is 1. The molecule has 0 saturated heterocycles. The van der Waals surface area contributed by atoms with Crippen molar-refractivity contribution in [2.24, 2.45) is 0 Å². The summed E-state index contributed by atoms with van der Waals surface area (Å²) in [7, 11) is 3.14. The Labute approximate surface area is 129 Å². The number of thioether (sulfide) groups is 1. The van der Waals surface area contributed by atoms with Gasteiger partial charge in [-0.25, -0.2) is 0 Å². The topological polar surface area (TPSA) is 87.3 Å². The van der Waals surface area contributed by atoms with Crippen LogP contribution in [0.3, 0.4) is 0 Å². The second kappa shape index (κ2) is 5.53. The van der Waals surface area contributed by atoms with Gasteiger partial charge in [-0.1, -0.05) is 23.1 Å². The summed E-state index contributed by atoms with van der Waals surface area (Å²) in [6, 6.07) is 3.60. The Morgan fingerprint density at radius 3 is 2.62 bits per heavy atom. The van der Waals surface area contributed by atoms with Crippen LogP contribution in [0.15, 0.2) is 16.5 Å². The molecule has 6 nitrogen and oxygen atoms in total. The number of ketones is 1. The maximum absolute atomic E-state index is 12.5. The van der Waals surface area contributed by atoms with Gasteiger partial charge in [0.25, 0.3) is 0 Å². The van der Waals surface area contributed by atoms with Crippen LogP contribution in [0.5, 0.6) is 11.5 Å². The van der Waals surface area contributed by atoms with Crippen LogP contribution in [0.1, 0.15) is 15.9 Å². The molecule has 0 bridgehead atoms. The molecule has 1 atom stereocenters. The SMILES string of the molecule is COc1cc2c(cc1OC)C(=O)[C@H](Sc1nnc(N)s1)C2. The smallest absolute Gasteiger partial charge is 0.203 e. The number of nitrogens with zero attached hydrogens (tertiary/aromatic N) is 2. The molecule has 0 saturated carbocycles. The zero-order valence-electron chi connectivity index (χ0n) is 11.5. The number of hydrogen-bond donors (Lipinski definition) is 1. The van der Waals surface area contributed by atoms with Crippen molar-refractivity contribution in [3.8, 4) is 11.5 Å². The maximum Gasteiger partial charge on any atom is 0.203 e. The Balaban J connectivity index is 1.87. The van der Waals surface area contributed by atoms with Crippen molar-refractivity contribution in [3.63, 3.8) is 0 Å². The molecule has 3 rings (SSSR count). The minimum atomic E-state index is -0.204. The molecule has 0 radical (unpaired) electrons. The van der Waals surface area contributed by atoms with Gasteiger partial charge in [0, 0.05) is 5.56 Å². The summed E-state index contributed by atoms with van der Waals surface area (Å²) in [4.78, 5) is 12.5. The van der Waals surface area contributed by atoms with E-state index in [0.717, 1.165) is 5.56 Å². The zero-order valence-corrected chi connectivity index (χ0v) is 13.1. The lowest BCUT2D eigenvalue weighted by Crippen LogP contribution is -2.10. The van der Waals surface area contributed by atoms with E-state index in [1.165, 1.54) is 23.1 Å². The van der Waals surface area contributed by atoms with Gasteiger partial charge in [-0.2, -0.15) is 0 Å². The van der Waals surface area contributed by atoms with Gasteiger partial charge in [0.2, 0.25) is 5.13 Å². The van der Waals surface area contributed by atoms with E-state index in [4.69, 9.17) is 15.2 Å². The molecule has 1 aromatic carbocycles. The molecule has 0 unspecified atom stereocenters. The minimum Gasteiger partial charge on any atom is -0.493 e. The van der Waals surface area contributed by atoms with Gasteiger partial charge in [0.1, 0.15) is 0 Å². The Bertz CT molecular complexity index is 702. The number of aromatic nitrogens is 2. The van der Waals surface area contributed by atoms with E-state index >= 15 is 0 Å². The number of Topliss-reactive ketones (excluding diaryl/α,β-unsaturated/α-hetero) is 1. The summed E-state index contributed by atoms with van der Waals surface area (Å²) in [6.07, 6.45) is 0.638. The average Bonchev–Trinajstić information content (AvgIpc) is 3.02. The van der Waals surface area contributed by atoms with Crippen molar-refractivity contribution in [1.29, 1.82) is 0 Å². The van der Waals surface area contributed by atoms with Crippen LogP contribution in [-0.4, -0.2) is 35.5 Å². The number of nitrogens with two attached hydrogens (primary N) is 1. The Morgan fingerprint density at radius 1 is 1.29 bits per heavy atom. The van der Waals surface area contributed by atoms with Gasteiger partial charge < -0.3 is 15.2 Å². The van der Waals surface area contributed by atoms with Crippen molar-refractivity contribution in [1.82, 2.24) is 10.2 Å². The average molecular weight is 323 g/mol. The Morgan fingerprint density at radius 2 is 2.00 bits per heavy atom. The molecule has 1 aliphatic carbocycles. The molecule has 2 aromatic rings. The summed E-state index contributed by atoms with van der Waals surface area (Å²) in [5, 5.41) is 7.91. The van der Waals surface area contributed by atoms with E-state index in [2.05, 4.69) is 10.2 Å². The van der Waals surface area contributed by atoms with Crippen molar-refractivity contribution in [2.75, 3.05) is 20.0 Å². The predicted octanol–water partition coefficient (Wildman–Crippen LogP) is 2.04. The molecule has 0 fully saturated rings. The van der Waals surface area contributed by atoms with Gasteiger partial charge in [0.05, 0.1) is 19.5 Å². The van der Waals surface area contributed by atoms with Gasteiger partial charge >= 0.3 is 0 Å². The second-order valence-electron chi connectivity index (χ2n) is 4.45. The van der Waals surface area contributed by atoms with E-state index in [-0.39, 0.29) is 11.0 Å². The fraction of sp³-hybridized carbons (Fsp3) is 0.308. The van der Waals surface area contributed by atoms with E-state index in [1.807, 2.05) is 6.07 Å². The number of fused-ring (bicyclic) bond motifs is 1. The molecular formula is C13H13N3O3S2. The number of rotatable bonds is 4. The standard InChI is InChI=1S/C13H13N3O3S2/c1-18-8-3-6-4-10(20-13-16-15-12(14)21-13)11(17)7(6)5-9(8)19-2/h3,5,10H,4H2,1-2H3,(H2,14,15)/t10-/m1/s1. The highest BCUT2D eigenvalue weighted by Crippen LogP contribution is 2.40. The monoisotopic (exact) mass is 323 g/mol. The molecule has 8 heteroatoms. The second-order valence-corrected chi connectivity index (χ2v) is 6.90. The van der Waals surface area contributed by atoms with Crippen LogP contribution in [0.4, 0.5) is 5.13 Å². The lowest BCUT2D eigenvalue weighted by molar-refractivity contribution is 0.1000. The number of benzene rings is 1. The Hall–Kier alpha value is -1.80. The van der Waals surface area contributed by atoms with E-state index in [0.29, 0.717) is 33.0 Å². The maximum atomic E-state index is 12.5. The summed E-state index contributed by atoms with van der Waals surface area (Å²) >= 11 is 2.68. The third kappa shape index (κ3) is 2.56. The third-order valence-corrected chi connectivity index (χ3v) is 5.27. The van der Waals surface area contributed by atoms with Crippen LogP contribution in [0, 0.1) is 0 Å². The van der Waals surface area contributed by atoms with Gasteiger partial charge in [-0.05, 0) is 24.1 Å². The van der Waals surface area contributed by atoms with E-state index in [9.17, 15) is 4.79 Å². The molecule has 0 aliphatic heterocycles. The normalized spacial score (nSPS) is 16.9. The number of ether oxygens (including phenoxy) is 2. The number of anilines is 1. The highest BCUT2D eigenvalue weighted by molar-refractivity contribution is 8.02. The lowest BCUT2D eigenvalue weighted by atomic mass is 10.1. The van der Waals surface area contributed by atoms with Crippen molar-refractivity contribution in [2.45, 2.75) is 16.0 Å². The first-order valence-electron chi connectivity index (χ1n) is 6.17. The number of carbonyl (C=O) groups excluding carboxylic acids is 1. The highest BCUT2D eigenvalue weighted by Gasteiger charge is 2.33. The molecule has 1 aromatic heterocycles. The summed E-state index contributed by atoms with van der Waals surface area (Å²) in [5.41, 5.74) is 7.21. The number of nitrogen functional groups attached to an aromatic ring is 1. The van der Waals surface area contributed by atoms with Crippen molar-refractivity contribution in [3.05, 3.63) is 23.3 Å². The van der Waals surface area contributed by atoms with Crippen LogP contribution in [0.25, 0.3) is 0 Å². The predicted molar refractivity (Wildman–Crippen MR) is 81.5 cm³/mol. The van der Waals surface area contributed by atoms with Crippen LogP contribution in [0.2, 0.25) is 0 Å². The van der Waals surface area contributed by atoms with Gasteiger partial charge in [-0.15, -0.1) is 10.2 Å². The summed E-state index contributed by atoms with van der Waals surface area (Å²) in [5.74, 6) is 1.27. The van der Waals surface area contributed by atoms with Crippen LogP contribution < -0.4 is 15.2 Å². The minimum absolute atomic E-state index is 0.0738. The molecule has 1 aliphatic rings. The van der Waals surface area contributed by atoms with E-state index < -0.39 is 0 Å².